The summed E-state index contributed by atoms with van der Waals surface area (Å²) in [6.07, 6.45) is -1.44. The minimum absolute atomic E-state index is 0.0581. The van der Waals surface area contributed by atoms with E-state index in [2.05, 4.69) is 20.9 Å². The first-order valence-corrected chi connectivity index (χ1v) is 4.46. The predicted molar refractivity (Wildman–Crippen MR) is 49.5 cm³/mol. The zero-order chi connectivity index (χ0) is 10.7. The Morgan fingerprint density at radius 3 is 2.71 bits per heavy atom. The van der Waals surface area contributed by atoms with Gasteiger partial charge in [-0.25, -0.2) is 13.8 Å². The molecule has 6 heteroatoms. The Morgan fingerprint density at radius 2 is 2.29 bits per heavy atom. The molecule has 2 N–H and O–H groups in total. The minimum atomic E-state index is -2.74. The van der Waals surface area contributed by atoms with Crippen LogP contribution >= 0.6 is 15.9 Å². The van der Waals surface area contributed by atoms with E-state index in [1.165, 1.54) is 6.20 Å². The molecule has 3 nitrogen and oxygen atoms in total. The van der Waals surface area contributed by atoms with E-state index in [1.807, 2.05) is 0 Å². The standard InChI is InChI=1S/C8H6BrF2N3/c9-5-3-14-6(2-13)7(8(10)11)4(5)1-12/h3,8H,1,12H2. The van der Waals surface area contributed by atoms with Crippen molar-refractivity contribution in [3.05, 3.63) is 27.5 Å². The second kappa shape index (κ2) is 4.44. The Hall–Kier alpha value is -1.06. The van der Waals surface area contributed by atoms with E-state index in [4.69, 9.17) is 11.0 Å². The third kappa shape index (κ3) is 1.89. The first-order chi connectivity index (χ1) is 6.61. The summed E-state index contributed by atoms with van der Waals surface area (Å²) in [5, 5.41) is 8.58. The van der Waals surface area contributed by atoms with Gasteiger partial charge in [0.25, 0.3) is 6.43 Å². The van der Waals surface area contributed by atoms with Gasteiger partial charge in [0.15, 0.2) is 0 Å². The van der Waals surface area contributed by atoms with E-state index < -0.39 is 6.43 Å². The highest BCUT2D eigenvalue weighted by molar-refractivity contribution is 9.10. The number of hydrogen-bond acceptors (Lipinski definition) is 3. The second-order valence-electron chi connectivity index (χ2n) is 2.46. The summed E-state index contributed by atoms with van der Waals surface area (Å²) < 4.78 is 25.5. The Kier molecular flexibility index (Phi) is 3.49. The molecule has 14 heavy (non-hydrogen) atoms. The van der Waals surface area contributed by atoms with Crippen LogP contribution in [0, 0.1) is 11.3 Å². The SMILES string of the molecule is N#Cc1ncc(Br)c(CN)c1C(F)F. The zero-order valence-electron chi connectivity index (χ0n) is 6.97. The van der Waals surface area contributed by atoms with Crippen molar-refractivity contribution in [3.8, 4) is 6.07 Å². The summed E-state index contributed by atoms with van der Waals surface area (Å²) in [7, 11) is 0. The van der Waals surface area contributed by atoms with Crippen molar-refractivity contribution < 1.29 is 8.78 Å². The van der Waals surface area contributed by atoms with Crippen LogP contribution < -0.4 is 5.73 Å². The average Bonchev–Trinajstić information content (AvgIpc) is 2.17. The maximum absolute atomic E-state index is 12.6. The minimum Gasteiger partial charge on any atom is -0.326 e. The first kappa shape index (κ1) is 11.0. The summed E-state index contributed by atoms with van der Waals surface area (Å²) in [6, 6.07) is 1.61. The zero-order valence-corrected chi connectivity index (χ0v) is 8.55. The van der Waals surface area contributed by atoms with Gasteiger partial charge in [-0.2, -0.15) is 5.26 Å². The van der Waals surface area contributed by atoms with Gasteiger partial charge in [-0.15, -0.1) is 0 Å². The highest BCUT2D eigenvalue weighted by Crippen LogP contribution is 2.29. The van der Waals surface area contributed by atoms with Crippen LogP contribution in [0.25, 0.3) is 0 Å². The number of halogens is 3. The van der Waals surface area contributed by atoms with Crippen LogP contribution in [0.1, 0.15) is 23.2 Å². The van der Waals surface area contributed by atoms with Crippen molar-refractivity contribution in [3.63, 3.8) is 0 Å². The van der Waals surface area contributed by atoms with E-state index in [0.29, 0.717) is 4.47 Å². The molecule has 0 spiro atoms. The number of hydrogen-bond donors (Lipinski definition) is 1. The molecule has 0 radical (unpaired) electrons. The van der Waals surface area contributed by atoms with Crippen molar-refractivity contribution in [1.29, 1.82) is 5.26 Å². The van der Waals surface area contributed by atoms with Gasteiger partial charge in [0.2, 0.25) is 0 Å². The highest BCUT2D eigenvalue weighted by Gasteiger charge is 2.20. The fraction of sp³-hybridized carbons (Fsp3) is 0.250. The molecule has 0 saturated heterocycles. The lowest BCUT2D eigenvalue weighted by Gasteiger charge is -2.09. The highest BCUT2D eigenvalue weighted by atomic mass is 79.9. The summed E-state index contributed by atoms with van der Waals surface area (Å²) >= 11 is 3.05. The third-order valence-electron chi connectivity index (χ3n) is 1.70. The molecule has 0 aliphatic heterocycles. The Morgan fingerprint density at radius 1 is 1.64 bits per heavy atom. The molecular weight excluding hydrogens is 256 g/mol. The Bertz CT molecular complexity index is 387. The maximum atomic E-state index is 12.6. The van der Waals surface area contributed by atoms with E-state index in [9.17, 15) is 8.78 Å². The molecule has 0 fully saturated rings. The molecule has 0 amide bonds. The third-order valence-corrected chi connectivity index (χ3v) is 2.39. The summed E-state index contributed by atoms with van der Waals surface area (Å²) in [4.78, 5) is 3.58. The number of aromatic nitrogens is 1. The predicted octanol–water partition coefficient (Wildman–Crippen LogP) is 2.11. The van der Waals surface area contributed by atoms with Crippen LogP contribution in [0.5, 0.6) is 0 Å². The number of nitriles is 1. The van der Waals surface area contributed by atoms with Gasteiger partial charge in [-0.1, -0.05) is 0 Å². The molecule has 0 saturated carbocycles. The van der Waals surface area contributed by atoms with Crippen LogP contribution in [-0.2, 0) is 6.54 Å². The van der Waals surface area contributed by atoms with Crippen LogP contribution in [0.2, 0.25) is 0 Å². The number of rotatable bonds is 2. The molecule has 0 aliphatic carbocycles. The molecule has 0 bridgehead atoms. The lowest BCUT2D eigenvalue weighted by Crippen LogP contribution is -2.07. The quantitative estimate of drug-likeness (QED) is 0.887. The number of alkyl halides is 2. The molecule has 1 aromatic heterocycles. The van der Waals surface area contributed by atoms with Gasteiger partial charge in [0.05, 0.1) is 5.56 Å². The lowest BCUT2D eigenvalue weighted by molar-refractivity contribution is 0.149. The molecule has 0 atom stereocenters. The van der Waals surface area contributed by atoms with Gasteiger partial charge in [0, 0.05) is 17.2 Å². The monoisotopic (exact) mass is 261 g/mol. The van der Waals surface area contributed by atoms with E-state index in [0.717, 1.165) is 0 Å². The van der Waals surface area contributed by atoms with Crippen LogP contribution in [0.4, 0.5) is 8.78 Å². The molecule has 0 aromatic carbocycles. The second-order valence-corrected chi connectivity index (χ2v) is 3.32. The van der Waals surface area contributed by atoms with Gasteiger partial charge in [-0.05, 0) is 21.5 Å². The van der Waals surface area contributed by atoms with Crippen molar-refractivity contribution in [1.82, 2.24) is 4.98 Å². The van der Waals surface area contributed by atoms with Crippen molar-refractivity contribution in [2.75, 3.05) is 0 Å². The first-order valence-electron chi connectivity index (χ1n) is 3.67. The summed E-state index contributed by atoms with van der Waals surface area (Å²) in [5.74, 6) is 0. The lowest BCUT2D eigenvalue weighted by atomic mass is 10.1. The molecule has 1 rings (SSSR count). The van der Waals surface area contributed by atoms with Crippen LogP contribution in [0.15, 0.2) is 10.7 Å². The largest absolute Gasteiger partial charge is 0.326 e. The Labute approximate surface area is 87.7 Å². The molecule has 1 heterocycles. The smallest absolute Gasteiger partial charge is 0.267 e. The van der Waals surface area contributed by atoms with Crippen molar-refractivity contribution >= 4 is 15.9 Å². The topological polar surface area (TPSA) is 62.7 Å². The molecule has 0 aliphatic rings. The van der Waals surface area contributed by atoms with Gasteiger partial charge >= 0.3 is 0 Å². The molecular formula is C8H6BrF2N3. The van der Waals surface area contributed by atoms with E-state index in [-0.39, 0.29) is 23.4 Å². The molecule has 1 aromatic rings. The number of nitrogens with zero attached hydrogens (tertiary/aromatic N) is 2. The maximum Gasteiger partial charge on any atom is 0.267 e. The average molecular weight is 262 g/mol. The van der Waals surface area contributed by atoms with E-state index in [1.54, 1.807) is 6.07 Å². The molecule has 74 valence electrons. The summed E-state index contributed by atoms with van der Waals surface area (Å²) in [6.45, 7) is -0.0581. The van der Waals surface area contributed by atoms with Crippen LogP contribution in [0.3, 0.4) is 0 Å². The molecule has 0 unspecified atom stereocenters. The number of nitrogens with two attached hydrogens (primary N) is 1. The van der Waals surface area contributed by atoms with Crippen molar-refractivity contribution in [2.45, 2.75) is 13.0 Å². The fourth-order valence-corrected chi connectivity index (χ4v) is 1.55. The van der Waals surface area contributed by atoms with Gasteiger partial charge in [0.1, 0.15) is 11.8 Å². The van der Waals surface area contributed by atoms with Gasteiger partial charge in [-0.3, -0.25) is 0 Å². The number of pyridine rings is 1. The Balaban J connectivity index is 3.46. The van der Waals surface area contributed by atoms with Gasteiger partial charge < -0.3 is 5.73 Å². The van der Waals surface area contributed by atoms with Crippen molar-refractivity contribution in [2.24, 2.45) is 5.73 Å². The van der Waals surface area contributed by atoms with E-state index >= 15 is 0 Å². The fourth-order valence-electron chi connectivity index (χ4n) is 1.07. The van der Waals surface area contributed by atoms with Crippen LogP contribution in [-0.4, -0.2) is 4.98 Å². The summed E-state index contributed by atoms with van der Waals surface area (Å²) in [5.41, 5.74) is 4.88. The normalized spacial score (nSPS) is 10.3.